The molecule has 0 unspecified atom stereocenters. The molecule has 2 nitrogen and oxygen atoms in total. The van der Waals surface area contributed by atoms with Crippen molar-refractivity contribution in [1.29, 1.82) is 0 Å². The number of hydrogen-bond donors (Lipinski definition) is 1. The van der Waals surface area contributed by atoms with Crippen LogP contribution in [0, 0.1) is 6.92 Å². The molecule has 0 spiro atoms. The van der Waals surface area contributed by atoms with Crippen molar-refractivity contribution in [3.05, 3.63) is 66.4 Å². The normalized spacial score (nSPS) is 10.5. The average molecular weight is 234 g/mol. The van der Waals surface area contributed by atoms with Gasteiger partial charge in [0.2, 0.25) is 0 Å². The van der Waals surface area contributed by atoms with E-state index < -0.39 is 0 Å². The molecule has 0 fully saturated rings. The number of nitrogens with zero attached hydrogens (tertiary/aromatic N) is 1. The van der Waals surface area contributed by atoms with Gasteiger partial charge in [0.1, 0.15) is 0 Å². The van der Waals surface area contributed by atoms with E-state index in [0.29, 0.717) is 0 Å². The summed E-state index contributed by atoms with van der Waals surface area (Å²) in [6.07, 6.45) is 1.82. The van der Waals surface area contributed by atoms with Crippen LogP contribution >= 0.6 is 0 Å². The second-order valence-electron chi connectivity index (χ2n) is 4.37. The molecular weight excluding hydrogens is 220 g/mol. The molecule has 0 radical (unpaired) electrons. The summed E-state index contributed by atoms with van der Waals surface area (Å²) in [5, 5.41) is 4.59. The minimum Gasteiger partial charge on any atom is -0.355 e. The fraction of sp³-hybridized carbons (Fsp3) is 0.0625. The van der Waals surface area contributed by atoms with E-state index in [1.54, 1.807) is 0 Å². The zero-order valence-corrected chi connectivity index (χ0v) is 10.2. The monoisotopic (exact) mass is 234 g/mol. The van der Waals surface area contributed by atoms with Crippen molar-refractivity contribution in [3.8, 4) is 0 Å². The van der Waals surface area contributed by atoms with Crippen molar-refractivity contribution in [2.75, 3.05) is 5.32 Å². The highest BCUT2D eigenvalue weighted by atomic mass is 14.9. The van der Waals surface area contributed by atoms with E-state index in [1.165, 1.54) is 5.56 Å². The number of aryl methyl sites for hydroxylation is 1. The van der Waals surface area contributed by atoms with E-state index in [4.69, 9.17) is 0 Å². The van der Waals surface area contributed by atoms with Crippen LogP contribution in [0.4, 0.5) is 11.4 Å². The molecule has 0 aliphatic rings. The minimum atomic E-state index is 1.01. The van der Waals surface area contributed by atoms with Gasteiger partial charge in [-0.25, -0.2) is 0 Å². The van der Waals surface area contributed by atoms with Crippen LogP contribution in [0.5, 0.6) is 0 Å². The number of anilines is 2. The summed E-state index contributed by atoms with van der Waals surface area (Å²) < 4.78 is 0. The van der Waals surface area contributed by atoms with Gasteiger partial charge in [-0.15, -0.1) is 0 Å². The lowest BCUT2D eigenvalue weighted by atomic mass is 10.1. The Kier molecular flexibility index (Phi) is 2.69. The molecule has 18 heavy (non-hydrogen) atoms. The lowest BCUT2D eigenvalue weighted by molar-refractivity contribution is 1.41. The maximum atomic E-state index is 4.36. The minimum absolute atomic E-state index is 1.01. The van der Waals surface area contributed by atoms with Gasteiger partial charge in [0, 0.05) is 23.0 Å². The molecule has 2 aromatic carbocycles. The molecule has 2 heteroatoms. The van der Waals surface area contributed by atoms with Crippen LogP contribution in [0.25, 0.3) is 10.9 Å². The second-order valence-corrected chi connectivity index (χ2v) is 4.37. The molecule has 3 aromatic rings. The smallest absolute Gasteiger partial charge is 0.0722 e. The molecule has 1 heterocycles. The molecule has 0 aliphatic heterocycles. The fourth-order valence-electron chi connectivity index (χ4n) is 2.09. The van der Waals surface area contributed by atoms with Crippen LogP contribution < -0.4 is 5.32 Å². The summed E-state index contributed by atoms with van der Waals surface area (Å²) in [7, 11) is 0. The van der Waals surface area contributed by atoms with Crippen LogP contribution in [0.3, 0.4) is 0 Å². The number of fused-ring (bicyclic) bond motifs is 1. The predicted molar refractivity (Wildman–Crippen MR) is 76.2 cm³/mol. The highest BCUT2D eigenvalue weighted by Crippen LogP contribution is 2.25. The van der Waals surface area contributed by atoms with Crippen LogP contribution in [-0.4, -0.2) is 4.98 Å². The van der Waals surface area contributed by atoms with Gasteiger partial charge >= 0.3 is 0 Å². The van der Waals surface area contributed by atoms with E-state index in [9.17, 15) is 0 Å². The summed E-state index contributed by atoms with van der Waals surface area (Å²) >= 11 is 0. The van der Waals surface area contributed by atoms with E-state index >= 15 is 0 Å². The average Bonchev–Trinajstić information content (AvgIpc) is 2.39. The maximum Gasteiger partial charge on any atom is 0.0722 e. The van der Waals surface area contributed by atoms with Crippen molar-refractivity contribution in [3.63, 3.8) is 0 Å². The third kappa shape index (κ3) is 2.05. The second kappa shape index (κ2) is 4.49. The van der Waals surface area contributed by atoms with Crippen molar-refractivity contribution >= 4 is 22.3 Å². The molecule has 88 valence electrons. The first kappa shape index (κ1) is 10.8. The van der Waals surface area contributed by atoms with Crippen molar-refractivity contribution in [1.82, 2.24) is 4.98 Å². The Morgan fingerprint density at radius 1 is 0.944 bits per heavy atom. The molecule has 3 rings (SSSR count). The highest BCUT2D eigenvalue weighted by Gasteiger charge is 2.01. The molecule has 0 amide bonds. The Morgan fingerprint density at radius 2 is 1.83 bits per heavy atom. The topological polar surface area (TPSA) is 24.9 Å². The van der Waals surface area contributed by atoms with E-state index in [-0.39, 0.29) is 0 Å². The van der Waals surface area contributed by atoms with Gasteiger partial charge in [-0.1, -0.05) is 18.2 Å². The summed E-state index contributed by atoms with van der Waals surface area (Å²) in [6, 6.07) is 18.5. The Labute approximate surface area is 106 Å². The van der Waals surface area contributed by atoms with Crippen molar-refractivity contribution in [2.24, 2.45) is 0 Å². The molecular formula is C16H14N2. The maximum absolute atomic E-state index is 4.36. The van der Waals surface area contributed by atoms with Crippen molar-refractivity contribution in [2.45, 2.75) is 6.92 Å². The number of pyridine rings is 1. The van der Waals surface area contributed by atoms with Crippen LogP contribution in [-0.2, 0) is 0 Å². The molecule has 0 saturated heterocycles. The third-order valence-electron chi connectivity index (χ3n) is 2.94. The first-order valence-corrected chi connectivity index (χ1v) is 6.00. The molecule has 0 atom stereocenters. The standard InChI is InChI=1S/C16H14N2/c1-12-5-2-6-13(11-12)18-16-9-3-8-15-14(16)7-4-10-17-15/h2-11,18H,1H3. The Morgan fingerprint density at radius 3 is 2.72 bits per heavy atom. The van der Waals surface area contributed by atoms with Gasteiger partial charge in [0.15, 0.2) is 0 Å². The zero-order valence-electron chi connectivity index (χ0n) is 10.2. The predicted octanol–water partition coefficient (Wildman–Crippen LogP) is 4.29. The zero-order chi connectivity index (χ0) is 12.4. The van der Waals surface area contributed by atoms with Crippen LogP contribution in [0.15, 0.2) is 60.8 Å². The Hall–Kier alpha value is -2.35. The van der Waals surface area contributed by atoms with Crippen LogP contribution in [0.2, 0.25) is 0 Å². The SMILES string of the molecule is Cc1cccc(Nc2cccc3ncccc23)c1. The van der Waals surface area contributed by atoms with Gasteiger partial charge in [0.05, 0.1) is 5.52 Å². The van der Waals surface area contributed by atoms with Crippen LogP contribution in [0.1, 0.15) is 5.56 Å². The number of aromatic nitrogens is 1. The first-order chi connectivity index (χ1) is 8.83. The summed E-state index contributed by atoms with van der Waals surface area (Å²) in [4.78, 5) is 4.36. The van der Waals surface area contributed by atoms with E-state index in [2.05, 4.69) is 53.6 Å². The Bertz CT molecular complexity index is 684. The highest BCUT2D eigenvalue weighted by molar-refractivity contribution is 5.92. The number of rotatable bonds is 2. The van der Waals surface area contributed by atoms with Gasteiger partial charge < -0.3 is 5.32 Å². The fourth-order valence-corrected chi connectivity index (χ4v) is 2.09. The van der Waals surface area contributed by atoms with E-state index in [0.717, 1.165) is 22.3 Å². The van der Waals surface area contributed by atoms with E-state index in [1.807, 2.05) is 24.4 Å². The lowest BCUT2D eigenvalue weighted by Crippen LogP contribution is -1.92. The van der Waals surface area contributed by atoms with Crippen molar-refractivity contribution < 1.29 is 0 Å². The lowest BCUT2D eigenvalue weighted by Gasteiger charge is -2.09. The largest absolute Gasteiger partial charge is 0.355 e. The molecule has 1 aromatic heterocycles. The van der Waals surface area contributed by atoms with Gasteiger partial charge in [-0.05, 0) is 48.9 Å². The molecule has 0 aliphatic carbocycles. The molecule has 0 saturated carbocycles. The first-order valence-electron chi connectivity index (χ1n) is 6.00. The number of hydrogen-bond acceptors (Lipinski definition) is 2. The van der Waals surface area contributed by atoms with Gasteiger partial charge in [-0.2, -0.15) is 0 Å². The third-order valence-corrected chi connectivity index (χ3v) is 2.94. The summed E-state index contributed by atoms with van der Waals surface area (Å²) in [5.41, 5.74) is 4.45. The summed E-state index contributed by atoms with van der Waals surface area (Å²) in [6.45, 7) is 2.09. The Balaban J connectivity index is 2.05. The number of benzene rings is 2. The van der Waals surface area contributed by atoms with Gasteiger partial charge in [0.25, 0.3) is 0 Å². The molecule has 0 bridgehead atoms. The number of nitrogens with one attached hydrogen (secondary N) is 1. The quantitative estimate of drug-likeness (QED) is 0.715. The summed E-state index contributed by atoms with van der Waals surface area (Å²) in [5.74, 6) is 0. The van der Waals surface area contributed by atoms with Gasteiger partial charge in [-0.3, -0.25) is 4.98 Å². The molecule has 1 N–H and O–H groups in total.